The van der Waals surface area contributed by atoms with Gasteiger partial charge in [0, 0.05) is 7.05 Å². The first-order chi connectivity index (χ1) is 4.39. The molecule has 0 aliphatic heterocycles. The third-order valence-corrected chi connectivity index (χ3v) is 0.829. The van der Waals surface area contributed by atoms with Crippen LogP contribution >= 0.6 is 0 Å². The van der Waals surface area contributed by atoms with Gasteiger partial charge in [0.2, 0.25) is 0 Å². The molecule has 0 aromatic rings. The molecule has 0 saturated heterocycles. The Morgan fingerprint density at radius 2 is 1.90 bits per heavy atom. The van der Waals surface area contributed by atoms with Gasteiger partial charge in [-0.15, -0.1) is 13.2 Å². The molecule has 0 rings (SSSR count). The summed E-state index contributed by atoms with van der Waals surface area (Å²) >= 11 is 0. The number of hydrogen-bond donors (Lipinski definition) is 0. The molecule has 0 unspecified atom stereocenters. The van der Waals surface area contributed by atoms with Crippen molar-refractivity contribution in [2.24, 2.45) is 0 Å². The fourth-order valence-corrected chi connectivity index (χ4v) is 0.240. The second-order valence-corrected chi connectivity index (χ2v) is 1.50. The van der Waals surface area contributed by atoms with E-state index in [9.17, 15) is 18.0 Å². The van der Waals surface area contributed by atoms with Crippen molar-refractivity contribution in [2.45, 2.75) is 6.30 Å². The predicted octanol–water partition coefficient (Wildman–Crippen LogP) is 1.20. The Kier molecular flexibility index (Phi) is 2.50. The van der Waals surface area contributed by atoms with Crippen molar-refractivity contribution in [3.05, 3.63) is 0 Å². The SMILES string of the molecule is COC(=O)N(C)C(F)(F)F. The molecule has 6 heteroatoms. The van der Waals surface area contributed by atoms with E-state index in [-0.39, 0.29) is 0 Å². The third-order valence-electron chi connectivity index (χ3n) is 0.829. The third kappa shape index (κ3) is 2.12. The number of hydrogen-bond acceptors (Lipinski definition) is 2. The monoisotopic (exact) mass is 157 g/mol. The molecule has 0 bridgehead atoms. The van der Waals surface area contributed by atoms with Crippen LogP contribution in [0.5, 0.6) is 0 Å². The van der Waals surface area contributed by atoms with Crippen LogP contribution < -0.4 is 0 Å². The normalized spacial score (nSPS) is 10.9. The topological polar surface area (TPSA) is 29.5 Å². The molecule has 0 heterocycles. The Morgan fingerprint density at radius 1 is 1.50 bits per heavy atom. The number of amides is 1. The minimum absolute atomic E-state index is 0.451. The maximum atomic E-state index is 11.5. The van der Waals surface area contributed by atoms with E-state index in [4.69, 9.17) is 0 Å². The van der Waals surface area contributed by atoms with Gasteiger partial charge in [-0.1, -0.05) is 0 Å². The number of carbonyl (C=O) groups is 1. The smallest absolute Gasteiger partial charge is 0.453 e. The van der Waals surface area contributed by atoms with E-state index < -0.39 is 17.3 Å². The van der Waals surface area contributed by atoms with Gasteiger partial charge in [0.15, 0.2) is 0 Å². The molecule has 0 aromatic carbocycles. The van der Waals surface area contributed by atoms with Gasteiger partial charge >= 0.3 is 12.4 Å². The second kappa shape index (κ2) is 2.76. The van der Waals surface area contributed by atoms with Crippen LogP contribution in [0, 0.1) is 0 Å². The highest BCUT2D eigenvalue weighted by molar-refractivity contribution is 5.67. The lowest BCUT2D eigenvalue weighted by atomic mass is 10.8. The number of rotatable bonds is 0. The molecule has 0 aliphatic rings. The average molecular weight is 157 g/mol. The Bertz CT molecular complexity index is 133. The van der Waals surface area contributed by atoms with E-state index in [0.29, 0.717) is 7.05 Å². The Hall–Kier alpha value is -0.940. The number of carbonyl (C=O) groups excluding carboxylic acids is 1. The van der Waals surface area contributed by atoms with Crippen LogP contribution in [0.1, 0.15) is 0 Å². The maximum Gasteiger partial charge on any atom is 0.489 e. The number of ether oxygens (including phenoxy) is 1. The summed E-state index contributed by atoms with van der Waals surface area (Å²) in [5.41, 5.74) is 0. The molecular formula is C4H6F3NO2. The molecule has 1 amide bonds. The average Bonchev–Trinajstić information content (AvgIpc) is 1.83. The van der Waals surface area contributed by atoms with Crippen molar-refractivity contribution < 1.29 is 22.7 Å². The van der Waals surface area contributed by atoms with Crippen molar-refractivity contribution in [3.63, 3.8) is 0 Å². The molecule has 60 valence electrons. The van der Waals surface area contributed by atoms with Crippen molar-refractivity contribution in [1.82, 2.24) is 4.90 Å². The van der Waals surface area contributed by atoms with E-state index in [1.165, 1.54) is 0 Å². The Morgan fingerprint density at radius 3 is 2.00 bits per heavy atom. The van der Waals surface area contributed by atoms with Crippen LogP contribution in [0.4, 0.5) is 18.0 Å². The number of methoxy groups -OCH3 is 1. The maximum absolute atomic E-state index is 11.5. The summed E-state index contributed by atoms with van der Waals surface area (Å²) in [4.78, 5) is 9.69. The first kappa shape index (κ1) is 9.06. The Labute approximate surface area is 55.4 Å². The lowest BCUT2D eigenvalue weighted by Crippen LogP contribution is -2.39. The largest absolute Gasteiger partial charge is 0.489 e. The highest BCUT2D eigenvalue weighted by Gasteiger charge is 2.38. The zero-order valence-electron chi connectivity index (χ0n) is 5.40. The van der Waals surface area contributed by atoms with Crippen LogP contribution in [0.25, 0.3) is 0 Å². The summed E-state index contributed by atoms with van der Waals surface area (Å²) < 4.78 is 38.3. The van der Waals surface area contributed by atoms with E-state index in [2.05, 4.69) is 4.74 Å². The predicted molar refractivity (Wildman–Crippen MR) is 26.2 cm³/mol. The molecule has 10 heavy (non-hydrogen) atoms. The van der Waals surface area contributed by atoms with Crippen LogP contribution in [-0.4, -0.2) is 31.5 Å². The first-order valence-corrected chi connectivity index (χ1v) is 2.28. The standard InChI is InChI=1S/C4H6F3NO2/c1-8(3(9)10-2)4(5,6)7/h1-2H3. The molecule has 0 aliphatic carbocycles. The zero-order valence-corrected chi connectivity index (χ0v) is 5.40. The molecule has 0 atom stereocenters. The fourth-order valence-electron chi connectivity index (χ4n) is 0.240. The highest BCUT2D eigenvalue weighted by Crippen LogP contribution is 2.19. The molecular weight excluding hydrogens is 151 g/mol. The van der Waals surface area contributed by atoms with Crippen LogP contribution in [0.15, 0.2) is 0 Å². The van der Waals surface area contributed by atoms with Crippen LogP contribution in [-0.2, 0) is 4.74 Å². The number of alkyl halides is 3. The minimum atomic E-state index is -4.66. The zero-order chi connectivity index (χ0) is 8.36. The number of nitrogens with zero attached hydrogens (tertiary/aromatic N) is 1. The summed E-state index contributed by atoms with van der Waals surface area (Å²) in [6.45, 7) is 0. The van der Waals surface area contributed by atoms with E-state index >= 15 is 0 Å². The van der Waals surface area contributed by atoms with Gasteiger partial charge in [-0.25, -0.2) is 9.69 Å². The van der Waals surface area contributed by atoms with Crippen molar-refractivity contribution in [3.8, 4) is 0 Å². The summed E-state index contributed by atoms with van der Waals surface area (Å²) in [5.74, 6) is 0. The Balaban J connectivity index is 4.08. The van der Waals surface area contributed by atoms with Crippen molar-refractivity contribution in [2.75, 3.05) is 14.2 Å². The fraction of sp³-hybridized carbons (Fsp3) is 0.750. The second-order valence-electron chi connectivity index (χ2n) is 1.50. The summed E-state index contributed by atoms with van der Waals surface area (Å²) in [7, 11) is 1.47. The van der Waals surface area contributed by atoms with Crippen LogP contribution in [0.3, 0.4) is 0 Å². The molecule has 0 N–H and O–H groups in total. The van der Waals surface area contributed by atoms with Gasteiger partial charge in [0.05, 0.1) is 7.11 Å². The number of halogens is 3. The molecule has 0 spiro atoms. The molecule has 0 aromatic heterocycles. The molecule has 3 nitrogen and oxygen atoms in total. The minimum Gasteiger partial charge on any atom is -0.453 e. The molecule has 0 radical (unpaired) electrons. The van der Waals surface area contributed by atoms with Gasteiger partial charge in [-0.3, -0.25) is 0 Å². The van der Waals surface area contributed by atoms with Crippen LogP contribution in [0.2, 0.25) is 0 Å². The van der Waals surface area contributed by atoms with E-state index in [1.54, 1.807) is 0 Å². The van der Waals surface area contributed by atoms with Gasteiger partial charge in [-0.2, -0.15) is 0 Å². The van der Waals surface area contributed by atoms with Crippen molar-refractivity contribution in [1.29, 1.82) is 0 Å². The van der Waals surface area contributed by atoms with Gasteiger partial charge < -0.3 is 4.74 Å². The van der Waals surface area contributed by atoms with Gasteiger partial charge in [0.1, 0.15) is 0 Å². The van der Waals surface area contributed by atoms with E-state index in [1.807, 2.05) is 0 Å². The van der Waals surface area contributed by atoms with Crippen molar-refractivity contribution >= 4 is 6.09 Å². The lowest BCUT2D eigenvalue weighted by molar-refractivity contribution is -0.221. The first-order valence-electron chi connectivity index (χ1n) is 2.28. The summed E-state index contributed by atoms with van der Waals surface area (Å²) in [5, 5.41) is 0. The molecule has 0 fully saturated rings. The van der Waals surface area contributed by atoms with E-state index in [0.717, 1.165) is 7.11 Å². The highest BCUT2D eigenvalue weighted by atomic mass is 19.4. The van der Waals surface area contributed by atoms with Gasteiger partial charge in [0.25, 0.3) is 0 Å². The lowest BCUT2D eigenvalue weighted by Gasteiger charge is -2.17. The molecule has 0 saturated carbocycles. The summed E-state index contributed by atoms with van der Waals surface area (Å²) in [6, 6.07) is 0. The van der Waals surface area contributed by atoms with Gasteiger partial charge in [-0.05, 0) is 0 Å². The quantitative estimate of drug-likeness (QED) is 0.494. The summed E-state index contributed by atoms with van der Waals surface area (Å²) in [6.07, 6.45) is -6.08.